The fourth-order valence-electron chi connectivity index (χ4n) is 1.52. The predicted octanol–water partition coefficient (Wildman–Crippen LogP) is 2.97. The van der Waals surface area contributed by atoms with E-state index in [2.05, 4.69) is 0 Å². The molecular weight excluding hydrogens is 302 g/mol. The maximum Gasteiger partial charge on any atom is 0.488 e. The number of hydrogen-bond donors (Lipinski definition) is 2. The van der Waals surface area contributed by atoms with Crippen LogP contribution in [0.5, 0.6) is 0 Å². The second-order valence-electron chi connectivity index (χ2n) is 3.98. The van der Waals surface area contributed by atoms with Gasteiger partial charge in [0, 0.05) is 10.6 Å². The molecular formula is C13H11BCl2O2S. The third kappa shape index (κ3) is 4.16. The molecule has 0 saturated heterocycles. The molecule has 0 aliphatic rings. The monoisotopic (exact) mass is 312 g/mol. The molecule has 2 aromatic rings. The maximum atomic E-state index is 9.00. The topological polar surface area (TPSA) is 40.5 Å². The van der Waals surface area contributed by atoms with E-state index in [1.165, 1.54) is 0 Å². The van der Waals surface area contributed by atoms with Gasteiger partial charge in [-0.3, -0.25) is 0 Å². The van der Waals surface area contributed by atoms with Gasteiger partial charge in [0.1, 0.15) is 0 Å². The van der Waals surface area contributed by atoms with Crippen LogP contribution in [0.1, 0.15) is 5.56 Å². The van der Waals surface area contributed by atoms with Crippen LogP contribution in [0.4, 0.5) is 0 Å². The van der Waals surface area contributed by atoms with Crippen LogP contribution in [0.3, 0.4) is 0 Å². The summed E-state index contributed by atoms with van der Waals surface area (Å²) in [5.74, 6) is 0.778. The predicted molar refractivity (Wildman–Crippen MR) is 82.3 cm³/mol. The maximum absolute atomic E-state index is 9.00. The summed E-state index contributed by atoms with van der Waals surface area (Å²) in [5, 5.41) is 19.1. The molecule has 0 aliphatic heterocycles. The van der Waals surface area contributed by atoms with Crippen LogP contribution in [-0.2, 0) is 5.75 Å². The minimum absolute atomic E-state index is 0.489. The highest BCUT2D eigenvalue weighted by Gasteiger charge is 2.09. The van der Waals surface area contributed by atoms with Gasteiger partial charge in [-0.1, -0.05) is 47.5 Å². The van der Waals surface area contributed by atoms with E-state index in [1.54, 1.807) is 30.0 Å². The van der Waals surface area contributed by atoms with E-state index >= 15 is 0 Å². The van der Waals surface area contributed by atoms with E-state index in [-0.39, 0.29) is 0 Å². The Morgan fingerprint density at radius 2 is 1.63 bits per heavy atom. The van der Waals surface area contributed by atoms with Crippen LogP contribution in [0, 0.1) is 0 Å². The van der Waals surface area contributed by atoms with Gasteiger partial charge in [0.15, 0.2) is 0 Å². The lowest BCUT2D eigenvalue weighted by molar-refractivity contribution is 0.426. The van der Waals surface area contributed by atoms with Gasteiger partial charge < -0.3 is 10.0 Å². The van der Waals surface area contributed by atoms with Crippen molar-refractivity contribution >= 4 is 47.5 Å². The number of benzene rings is 2. The fraction of sp³-hybridized carbons (Fsp3) is 0.0769. The summed E-state index contributed by atoms with van der Waals surface area (Å²) in [6.07, 6.45) is 0. The van der Waals surface area contributed by atoms with Gasteiger partial charge in [-0.25, -0.2) is 0 Å². The zero-order valence-corrected chi connectivity index (χ0v) is 12.2. The van der Waals surface area contributed by atoms with Crippen molar-refractivity contribution in [3.8, 4) is 0 Å². The lowest BCUT2D eigenvalue weighted by atomic mass is 9.80. The number of rotatable bonds is 4. The van der Waals surface area contributed by atoms with Crippen molar-refractivity contribution in [1.82, 2.24) is 0 Å². The van der Waals surface area contributed by atoms with Crippen LogP contribution in [0.2, 0.25) is 10.0 Å². The van der Waals surface area contributed by atoms with Gasteiger partial charge in [0.2, 0.25) is 0 Å². The normalized spacial score (nSPS) is 10.5. The first-order chi connectivity index (χ1) is 9.06. The van der Waals surface area contributed by atoms with Crippen molar-refractivity contribution in [2.75, 3.05) is 0 Å². The molecule has 2 N–H and O–H groups in total. The molecule has 2 nitrogen and oxygen atoms in total. The van der Waals surface area contributed by atoms with Gasteiger partial charge in [0.05, 0.1) is 10.0 Å². The number of halogens is 2. The van der Waals surface area contributed by atoms with Crippen molar-refractivity contribution in [2.24, 2.45) is 0 Å². The summed E-state index contributed by atoms with van der Waals surface area (Å²) in [6, 6.07) is 12.7. The molecule has 0 saturated carbocycles. The van der Waals surface area contributed by atoms with Crippen molar-refractivity contribution in [2.45, 2.75) is 10.6 Å². The van der Waals surface area contributed by atoms with Crippen LogP contribution in [0.15, 0.2) is 47.4 Å². The molecule has 2 rings (SSSR count). The molecule has 0 unspecified atom stereocenters. The molecule has 0 aliphatic carbocycles. The molecule has 0 atom stereocenters. The van der Waals surface area contributed by atoms with Crippen LogP contribution < -0.4 is 5.46 Å². The molecule has 0 heterocycles. The van der Waals surface area contributed by atoms with E-state index in [4.69, 9.17) is 33.2 Å². The number of thioether (sulfide) groups is 1. The summed E-state index contributed by atoms with van der Waals surface area (Å²) >= 11 is 13.4. The molecule has 98 valence electrons. The SMILES string of the molecule is OB(O)c1ccc(CSc2ccc(Cl)c(Cl)c2)cc1. The first kappa shape index (κ1) is 14.8. The van der Waals surface area contributed by atoms with Crippen LogP contribution in [0.25, 0.3) is 0 Å². The Morgan fingerprint density at radius 1 is 0.947 bits per heavy atom. The van der Waals surface area contributed by atoms with E-state index < -0.39 is 7.12 Å². The van der Waals surface area contributed by atoms with Crippen LogP contribution in [-0.4, -0.2) is 17.2 Å². The number of hydrogen-bond acceptors (Lipinski definition) is 3. The average Bonchev–Trinajstić information content (AvgIpc) is 2.40. The average molecular weight is 313 g/mol. The molecule has 0 spiro atoms. The third-order valence-electron chi connectivity index (χ3n) is 2.57. The van der Waals surface area contributed by atoms with Gasteiger partial charge in [-0.15, -0.1) is 11.8 Å². The highest BCUT2D eigenvalue weighted by molar-refractivity contribution is 7.98. The first-order valence-corrected chi connectivity index (χ1v) is 7.33. The van der Waals surface area contributed by atoms with Crippen molar-refractivity contribution in [1.29, 1.82) is 0 Å². The minimum atomic E-state index is -1.42. The van der Waals surface area contributed by atoms with E-state index in [0.717, 1.165) is 16.2 Å². The zero-order chi connectivity index (χ0) is 13.8. The largest absolute Gasteiger partial charge is 0.488 e. The molecule has 0 radical (unpaired) electrons. The minimum Gasteiger partial charge on any atom is -0.423 e. The Balaban J connectivity index is 2.00. The van der Waals surface area contributed by atoms with Gasteiger partial charge in [0.25, 0.3) is 0 Å². The van der Waals surface area contributed by atoms with Crippen LogP contribution >= 0.6 is 35.0 Å². The molecule has 2 aromatic carbocycles. The Kier molecular flexibility index (Phi) is 5.19. The first-order valence-electron chi connectivity index (χ1n) is 5.59. The second-order valence-corrected chi connectivity index (χ2v) is 5.84. The van der Waals surface area contributed by atoms with E-state index in [9.17, 15) is 0 Å². The summed E-state index contributed by atoms with van der Waals surface area (Å²) in [7, 11) is -1.42. The van der Waals surface area contributed by atoms with Gasteiger partial charge in [-0.2, -0.15) is 0 Å². The van der Waals surface area contributed by atoms with Crippen molar-refractivity contribution in [3.63, 3.8) is 0 Å². The lowest BCUT2D eigenvalue weighted by Crippen LogP contribution is -2.29. The molecule has 19 heavy (non-hydrogen) atoms. The highest BCUT2D eigenvalue weighted by atomic mass is 35.5. The molecule has 0 bridgehead atoms. The lowest BCUT2D eigenvalue weighted by Gasteiger charge is -2.05. The van der Waals surface area contributed by atoms with Crippen molar-refractivity contribution in [3.05, 3.63) is 58.1 Å². The summed E-state index contributed by atoms with van der Waals surface area (Å²) in [4.78, 5) is 1.04. The Morgan fingerprint density at radius 3 is 2.21 bits per heavy atom. The summed E-state index contributed by atoms with van der Waals surface area (Å²) < 4.78 is 0. The Bertz CT molecular complexity index is 561. The summed E-state index contributed by atoms with van der Waals surface area (Å²) in [6.45, 7) is 0. The standard InChI is InChI=1S/C13H11BCl2O2S/c15-12-6-5-11(7-13(12)16)19-8-9-1-3-10(4-2-9)14(17)18/h1-7,17-18H,8H2. The Labute approximate surface area is 126 Å². The van der Waals surface area contributed by atoms with E-state index in [0.29, 0.717) is 15.5 Å². The molecule has 6 heteroatoms. The second kappa shape index (κ2) is 6.68. The molecule has 0 fully saturated rings. The Hall–Kier alpha value is -0.645. The smallest absolute Gasteiger partial charge is 0.423 e. The van der Waals surface area contributed by atoms with E-state index in [1.807, 2.05) is 24.3 Å². The molecule has 0 amide bonds. The third-order valence-corrected chi connectivity index (χ3v) is 4.38. The van der Waals surface area contributed by atoms with Gasteiger partial charge in [-0.05, 0) is 29.2 Å². The van der Waals surface area contributed by atoms with Gasteiger partial charge >= 0.3 is 7.12 Å². The fourth-order valence-corrected chi connectivity index (χ4v) is 2.77. The summed E-state index contributed by atoms with van der Waals surface area (Å²) in [5.41, 5.74) is 1.59. The highest BCUT2D eigenvalue weighted by Crippen LogP contribution is 2.29. The quantitative estimate of drug-likeness (QED) is 0.673. The zero-order valence-electron chi connectivity index (χ0n) is 9.88. The molecule has 0 aromatic heterocycles. The van der Waals surface area contributed by atoms with Crippen molar-refractivity contribution < 1.29 is 10.0 Å².